The first-order valence-corrected chi connectivity index (χ1v) is 13.5. The van der Waals surface area contributed by atoms with Crippen molar-refractivity contribution in [3.63, 3.8) is 0 Å². The highest BCUT2D eigenvalue weighted by Gasteiger charge is 2.50. The largest absolute Gasteiger partial charge is 0.490 e. The highest BCUT2D eigenvalue weighted by atomic mass is 19.4. The van der Waals surface area contributed by atoms with E-state index in [9.17, 15) is 23.1 Å². The van der Waals surface area contributed by atoms with E-state index in [1.54, 1.807) is 24.3 Å². The van der Waals surface area contributed by atoms with Crippen LogP contribution in [0.2, 0.25) is 0 Å². The molecule has 4 bridgehead atoms. The molecule has 1 unspecified atom stereocenters. The van der Waals surface area contributed by atoms with Gasteiger partial charge in [0.15, 0.2) is 0 Å². The van der Waals surface area contributed by atoms with Crippen LogP contribution in [0.1, 0.15) is 79.3 Å². The summed E-state index contributed by atoms with van der Waals surface area (Å²) in [6, 6.07) is 11.5. The van der Waals surface area contributed by atoms with Gasteiger partial charge in [0, 0.05) is 6.54 Å². The van der Waals surface area contributed by atoms with E-state index in [4.69, 9.17) is 4.74 Å². The average molecular weight is 516 g/mol. The van der Waals surface area contributed by atoms with Crippen LogP contribution in [0.15, 0.2) is 48.5 Å². The van der Waals surface area contributed by atoms with Crippen LogP contribution >= 0.6 is 0 Å². The zero-order valence-corrected chi connectivity index (χ0v) is 21.1. The molecule has 4 nitrogen and oxygen atoms in total. The Morgan fingerprint density at radius 2 is 1.62 bits per heavy atom. The summed E-state index contributed by atoms with van der Waals surface area (Å²) in [6.07, 6.45) is 6.32. The zero-order valence-electron chi connectivity index (χ0n) is 21.1. The second-order valence-electron chi connectivity index (χ2n) is 11.6. The first kappa shape index (κ1) is 26.1. The SMILES string of the molecule is O=C(NCc1ccc(C(F)(F)F)cc1)c1ccccc1OCC(O)CCCC12CC3CC(CC(C3)C1)C2. The lowest BCUT2D eigenvalue weighted by molar-refractivity contribution is -0.137. The molecular formula is C30H36F3NO3. The van der Waals surface area contributed by atoms with E-state index in [0.29, 0.717) is 28.7 Å². The van der Waals surface area contributed by atoms with Crippen molar-refractivity contribution in [2.75, 3.05) is 6.61 Å². The number of aliphatic hydroxyl groups is 1. The number of hydrogen-bond donors (Lipinski definition) is 2. The number of amides is 1. The number of hydrogen-bond acceptors (Lipinski definition) is 3. The average Bonchev–Trinajstić information content (AvgIpc) is 2.85. The number of ether oxygens (including phenoxy) is 1. The molecule has 4 aliphatic carbocycles. The van der Waals surface area contributed by atoms with Crippen molar-refractivity contribution in [3.8, 4) is 5.75 Å². The molecule has 4 fully saturated rings. The first-order chi connectivity index (χ1) is 17.7. The molecule has 0 saturated heterocycles. The molecule has 0 spiro atoms. The maximum Gasteiger partial charge on any atom is 0.416 e. The van der Waals surface area contributed by atoms with Gasteiger partial charge in [-0.1, -0.05) is 30.7 Å². The Labute approximate surface area is 216 Å². The Morgan fingerprint density at radius 3 is 2.24 bits per heavy atom. The summed E-state index contributed by atoms with van der Waals surface area (Å²) in [4.78, 5) is 12.8. The Morgan fingerprint density at radius 1 is 1.00 bits per heavy atom. The number of alkyl halides is 3. The third-order valence-corrected chi connectivity index (χ3v) is 8.71. The number of carbonyl (C=O) groups is 1. The third-order valence-electron chi connectivity index (χ3n) is 8.71. The molecule has 0 aromatic heterocycles. The maximum atomic E-state index is 12.8. The van der Waals surface area contributed by atoms with Gasteiger partial charge in [-0.3, -0.25) is 4.79 Å². The number of halogens is 3. The minimum absolute atomic E-state index is 0.0955. The summed E-state index contributed by atoms with van der Waals surface area (Å²) in [5.41, 5.74) is 0.676. The van der Waals surface area contributed by atoms with Crippen molar-refractivity contribution >= 4 is 5.91 Å². The van der Waals surface area contributed by atoms with Gasteiger partial charge in [0.1, 0.15) is 12.4 Å². The van der Waals surface area contributed by atoms with E-state index in [-0.39, 0.29) is 19.1 Å². The summed E-state index contributed by atoms with van der Waals surface area (Å²) in [6.45, 7) is 0.211. The lowest BCUT2D eigenvalue weighted by Gasteiger charge is -2.57. The van der Waals surface area contributed by atoms with Crippen LogP contribution < -0.4 is 10.1 Å². The topological polar surface area (TPSA) is 58.6 Å². The number of aliphatic hydroxyl groups excluding tert-OH is 1. The number of rotatable bonds is 10. The van der Waals surface area contributed by atoms with E-state index in [0.717, 1.165) is 36.3 Å². The number of benzene rings is 2. The number of carbonyl (C=O) groups excluding carboxylic acids is 1. The summed E-state index contributed by atoms with van der Waals surface area (Å²) in [5, 5.41) is 13.3. The van der Waals surface area contributed by atoms with E-state index in [1.165, 1.54) is 57.1 Å². The van der Waals surface area contributed by atoms with Crippen molar-refractivity contribution in [2.45, 2.75) is 76.6 Å². The predicted molar refractivity (Wildman–Crippen MR) is 135 cm³/mol. The lowest BCUT2D eigenvalue weighted by Crippen LogP contribution is -2.46. The predicted octanol–water partition coefficient (Wildman–Crippen LogP) is 6.76. The second kappa shape index (κ2) is 10.7. The Bertz CT molecular complexity index is 1050. The van der Waals surface area contributed by atoms with E-state index >= 15 is 0 Å². The quantitative estimate of drug-likeness (QED) is 0.368. The van der Waals surface area contributed by atoms with Gasteiger partial charge in [0.05, 0.1) is 17.2 Å². The van der Waals surface area contributed by atoms with Gasteiger partial charge in [-0.15, -0.1) is 0 Å². The highest BCUT2D eigenvalue weighted by Crippen LogP contribution is 2.61. The van der Waals surface area contributed by atoms with Crippen LogP contribution in [0.5, 0.6) is 5.75 Å². The van der Waals surface area contributed by atoms with Crippen LogP contribution in [0.25, 0.3) is 0 Å². The van der Waals surface area contributed by atoms with Crippen LogP contribution in [0.3, 0.4) is 0 Å². The van der Waals surface area contributed by atoms with Crippen LogP contribution in [-0.4, -0.2) is 23.7 Å². The van der Waals surface area contributed by atoms with Crippen molar-refractivity contribution in [2.24, 2.45) is 23.2 Å². The molecule has 2 aromatic rings. The smallest absolute Gasteiger partial charge is 0.416 e. The summed E-state index contributed by atoms with van der Waals surface area (Å²) in [7, 11) is 0. The number of nitrogens with one attached hydrogen (secondary N) is 1. The molecule has 2 N–H and O–H groups in total. The van der Waals surface area contributed by atoms with E-state index < -0.39 is 17.8 Å². The molecule has 4 aliphatic rings. The first-order valence-electron chi connectivity index (χ1n) is 13.5. The van der Waals surface area contributed by atoms with Gasteiger partial charge >= 0.3 is 6.18 Å². The van der Waals surface area contributed by atoms with Crippen molar-refractivity contribution < 1.29 is 27.8 Å². The van der Waals surface area contributed by atoms with Crippen molar-refractivity contribution in [1.82, 2.24) is 5.32 Å². The van der Waals surface area contributed by atoms with Crippen LogP contribution in [0.4, 0.5) is 13.2 Å². The fourth-order valence-corrected chi connectivity index (χ4v) is 7.45. The van der Waals surface area contributed by atoms with Crippen molar-refractivity contribution in [1.29, 1.82) is 0 Å². The molecule has 1 amide bonds. The molecule has 4 saturated carbocycles. The highest BCUT2D eigenvalue weighted by molar-refractivity contribution is 5.96. The Kier molecular flexibility index (Phi) is 7.53. The van der Waals surface area contributed by atoms with E-state index in [2.05, 4.69) is 5.32 Å². The number of para-hydroxylation sites is 1. The molecule has 0 aliphatic heterocycles. The summed E-state index contributed by atoms with van der Waals surface area (Å²) >= 11 is 0. The Hall–Kier alpha value is -2.54. The lowest BCUT2D eigenvalue weighted by atomic mass is 9.48. The van der Waals surface area contributed by atoms with Gasteiger partial charge in [0.25, 0.3) is 5.91 Å². The molecular weight excluding hydrogens is 479 g/mol. The molecule has 6 rings (SSSR count). The third kappa shape index (κ3) is 6.31. The van der Waals surface area contributed by atoms with Gasteiger partial charge in [0.2, 0.25) is 0 Å². The minimum Gasteiger partial charge on any atom is -0.490 e. The Balaban J connectivity index is 1.08. The van der Waals surface area contributed by atoms with Gasteiger partial charge in [-0.05, 0) is 104 Å². The van der Waals surface area contributed by atoms with Gasteiger partial charge < -0.3 is 15.2 Å². The molecule has 200 valence electrons. The van der Waals surface area contributed by atoms with Gasteiger partial charge in [-0.2, -0.15) is 13.2 Å². The second-order valence-corrected chi connectivity index (χ2v) is 11.6. The molecule has 1 atom stereocenters. The minimum atomic E-state index is -4.39. The van der Waals surface area contributed by atoms with Crippen molar-refractivity contribution in [3.05, 3.63) is 65.2 Å². The maximum absolute atomic E-state index is 12.8. The summed E-state index contributed by atoms with van der Waals surface area (Å²) < 4.78 is 44.1. The van der Waals surface area contributed by atoms with E-state index in [1.807, 2.05) is 0 Å². The molecule has 7 heteroatoms. The van der Waals surface area contributed by atoms with Crippen LogP contribution in [-0.2, 0) is 12.7 Å². The fourth-order valence-electron chi connectivity index (χ4n) is 7.45. The zero-order chi connectivity index (χ0) is 26.0. The normalized spacial score (nSPS) is 27.2. The standard InChI is InChI=1S/C30H36F3NO3/c31-30(32,33)24-9-7-20(8-10-24)18-34-28(36)26-5-1-2-6-27(26)37-19-25(35)4-3-11-29-15-21-12-22(16-29)14-23(13-21)17-29/h1-2,5-10,21-23,25,35H,3-4,11-19H2,(H,34,36). The van der Waals surface area contributed by atoms with Crippen LogP contribution in [0, 0.1) is 23.2 Å². The molecule has 37 heavy (non-hydrogen) atoms. The monoisotopic (exact) mass is 515 g/mol. The van der Waals surface area contributed by atoms with Gasteiger partial charge in [-0.25, -0.2) is 0 Å². The molecule has 0 radical (unpaired) electrons. The summed E-state index contributed by atoms with van der Waals surface area (Å²) in [5.74, 6) is 2.79. The molecule has 2 aromatic carbocycles. The molecule has 0 heterocycles. The fraction of sp³-hybridized carbons (Fsp3) is 0.567.